The number of carbonyl (C=O) groups is 1. The van der Waals surface area contributed by atoms with Crippen LogP contribution >= 0.6 is 0 Å². The predicted molar refractivity (Wildman–Crippen MR) is 110 cm³/mol. The Bertz CT molecular complexity index is 810. The van der Waals surface area contributed by atoms with Crippen molar-refractivity contribution in [3.05, 3.63) is 66.0 Å². The standard InChI is InChI=1S/C24H29N3O/c28-23(20-8-12-25-13-9-20)26-14-10-24(11-15-26)16-21(19-4-2-1-3-5-19)17-27(18-24)22-6-7-22/h1-5,8-9,12-13,21-22H,6-7,10-11,14-18H2/t21-/m0/s1. The number of carbonyl (C=O) groups excluding carboxylic acids is 1. The molecule has 1 saturated carbocycles. The molecule has 1 spiro atoms. The van der Waals surface area contributed by atoms with E-state index in [2.05, 4.69) is 40.2 Å². The number of hydrogen-bond donors (Lipinski definition) is 0. The van der Waals surface area contributed by atoms with Crippen molar-refractivity contribution in [2.75, 3.05) is 26.2 Å². The van der Waals surface area contributed by atoms with Crippen molar-refractivity contribution in [1.29, 1.82) is 0 Å². The first kappa shape index (κ1) is 17.9. The number of aromatic nitrogens is 1. The number of amides is 1. The molecule has 146 valence electrons. The topological polar surface area (TPSA) is 36.4 Å². The maximum Gasteiger partial charge on any atom is 0.253 e. The van der Waals surface area contributed by atoms with Crippen LogP contribution in [0.1, 0.15) is 53.9 Å². The van der Waals surface area contributed by atoms with Crippen molar-refractivity contribution in [1.82, 2.24) is 14.8 Å². The molecule has 1 atom stereocenters. The van der Waals surface area contributed by atoms with Crippen LogP contribution in [0.4, 0.5) is 0 Å². The van der Waals surface area contributed by atoms with Gasteiger partial charge in [-0.3, -0.25) is 14.7 Å². The normalized spacial score (nSPS) is 25.0. The van der Waals surface area contributed by atoms with Crippen molar-refractivity contribution in [2.45, 2.75) is 44.1 Å². The zero-order valence-electron chi connectivity index (χ0n) is 16.5. The summed E-state index contributed by atoms with van der Waals surface area (Å²) in [4.78, 5) is 21.7. The average molecular weight is 376 g/mol. The second kappa shape index (κ2) is 7.32. The number of piperidine rings is 2. The number of benzene rings is 1. The maximum absolute atomic E-state index is 12.8. The Hall–Kier alpha value is -2.20. The third kappa shape index (κ3) is 3.58. The van der Waals surface area contributed by atoms with Crippen molar-refractivity contribution in [2.24, 2.45) is 5.41 Å². The van der Waals surface area contributed by atoms with Crippen LogP contribution in [0.15, 0.2) is 54.9 Å². The van der Waals surface area contributed by atoms with Gasteiger partial charge in [0.05, 0.1) is 0 Å². The van der Waals surface area contributed by atoms with Gasteiger partial charge in [-0.25, -0.2) is 0 Å². The summed E-state index contributed by atoms with van der Waals surface area (Å²) in [6.45, 7) is 4.18. The van der Waals surface area contributed by atoms with Crippen molar-refractivity contribution >= 4 is 5.91 Å². The molecule has 3 heterocycles. The van der Waals surface area contributed by atoms with Gasteiger partial charge >= 0.3 is 0 Å². The summed E-state index contributed by atoms with van der Waals surface area (Å²) in [5, 5.41) is 0. The van der Waals surface area contributed by atoms with E-state index in [0.29, 0.717) is 11.3 Å². The summed E-state index contributed by atoms with van der Waals surface area (Å²) in [5.41, 5.74) is 2.61. The highest BCUT2D eigenvalue weighted by molar-refractivity contribution is 5.94. The second-order valence-electron chi connectivity index (χ2n) is 9.00. The Balaban J connectivity index is 1.31. The van der Waals surface area contributed by atoms with E-state index < -0.39 is 0 Å². The number of pyridine rings is 1. The molecule has 28 heavy (non-hydrogen) atoms. The first-order valence-corrected chi connectivity index (χ1v) is 10.7. The van der Waals surface area contributed by atoms with Crippen LogP contribution < -0.4 is 0 Å². The van der Waals surface area contributed by atoms with E-state index >= 15 is 0 Å². The number of rotatable bonds is 3. The van der Waals surface area contributed by atoms with Gasteiger partial charge in [-0.05, 0) is 61.1 Å². The molecule has 0 unspecified atom stereocenters. The van der Waals surface area contributed by atoms with E-state index in [0.717, 1.165) is 37.5 Å². The van der Waals surface area contributed by atoms with E-state index in [-0.39, 0.29) is 5.91 Å². The van der Waals surface area contributed by atoms with Crippen LogP contribution in [0.25, 0.3) is 0 Å². The SMILES string of the molecule is O=C(c1ccncc1)N1CCC2(CC1)C[C@H](c1ccccc1)CN(C1CC1)C2. The van der Waals surface area contributed by atoms with Crippen LogP contribution in [-0.4, -0.2) is 52.9 Å². The molecular weight excluding hydrogens is 346 g/mol. The minimum atomic E-state index is 0.159. The summed E-state index contributed by atoms with van der Waals surface area (Å²) in [6.07, 6.45) is 9.65. The van der Waals surface area contributed by atoms with Gasteiger partial charge in [0, 0.05) is 50.2 Å². The van der Waals surface area contributed by atoms with Crippen LogP contribution in [0.3, 0.4) is 0 Å². The fraction of sp³-hybridized carbons (Fsp3) is 0.500. The minimum absolute atomic E-state index is 0.159. The molecule has 1 aliphatic carbocycles. The summed E-state index contributed by atoms with van der Waals surface area (Å²) in [7, 11) is 0. The van der Waals surface area contributed by atoms with Gasteiger partial charge in [0.1, 0.15) is 0 Å². The molecule has 4 heteroatoms. The first-order valence-electron chi connectivity index (χ1n) is 10.7. The number of hydrogen-bond acceptors (Lipinski definition) is 3. The van der Waals surface area contributed by atoms with Gasteiger partial charge in [-0.2, -0.15) is 0 Å². The van der Waals surface area contributed by atoms with Crippen LogP contribution in [0.5, 0.6) is 0 Å². The zero-order chi connectivity index (χ0) is 19.0. The molecule has 2 saturated heterocycles. The van der Waals surface area contributed by atoms with E-state index in [1.54, 1.807) is 12.4 Å². The molecule has 0 N–H and O–H groups in total. The van der Waals surface area contributed by atoms with Crippen molar-refractivity contribution in [3.8, 4) is 0 Å². The molecule has 0 bridgehead atoms. The lowest BCUT2D eigenvalue weighted by Gasteiger charge is -2.50. The molecule has 4 nitrogen and oxygen atoms in total. The fourth-order valence-electron chi connectivity index (χ4n) is 5.32. The molecule has 3 fully saturated rings. The molecule has 3 aliphatic rings. The lowest BCUT2D eigenvalue weighted by atomic mass is 9.68. The molecule has 1 aromatic heterocycles. The van der Waals surface area contributed by atoms with E-state index in [9.17, 15) is 4.79 Å². The highest BCUT2D eigenvalue weighted by Crippen LogP contribution is 2.47. The van der Waals surface area contributed by atoms with E-state index in [4.69, 9.17) is 0 Å². The molecule has 1 amide bonds. The van der Waals surface area contributed by atoms with Gasteiger partial charge in [-0.1, -0.05) is 30.3 Å². The van der Waals surface area contributed by atoms with Gasteiger partial charge in [0.25, 0.3) is 5.91 Å². The third-order valence-electron chi connectivity index (χ3n) is 7.05. The van der Waals surface area contributed by atoms with Gasteiger partial charge in [-0.15, -0.1) is 0 Å². The quantitative estimate of drug-likeness (QED) is 0.815. The van der Waals surface area contributed by atoms with Gasteiger partial charge in [0.2, 0.25) is 0 Å². The van der Waals surface area contributed by atoms with E-state index in [1.165, 1.54) is 37.9 Å². The Labute approximate surface area is 167 Å². The first-order chi connectivity index (χ1) is 13.7. The monoisotopic (exact) mass is 375 g/mol. The van der Waals surface area contributed by atoms with Gasteiger partial charge < -0.3 is 4.90 Å². The number of nitrogens with zero attached hydrogens (tertiary/aromatic N) is 3. The van der Waals surface area contributed by atoms with Crippen LogP contribution in [-0.2, 0) is 0 Å². The van der Waals surface area contributed by atoms with Crippen molar-refractivity contribution in [3.63, 3.8) is 0 Å². The van der Waals surface area contributed by atoms with Crippen LogP contribution in [0.2, 0.25) is 0 Å². The largest absolute Gasteiger partial charge is 0.339 e. The fourth-order valence-corrected chi connectivity index (χ4v) is 5.32. The predicted octanol–water partition coefficient (Wildman–Crippen LogP) is 3.96. The van der Waals surface area contributed by atoms with Crippen LogP contribution in [0, 0.1) is 5.41 Å². The third-order valence-corrected chi connectivity index (χ3v) is 7.05. The molecular formula is C24H29N3O. The zero-order valence-corrected chi connectivity index (χ0v) is 16.5. The van der Waals surface area contributed by atoms with Crippen molar-refractivity contribution < 1.29 is 4.79 Å². The molecule has 1 aromatic carbocycles. The minimum Gasteiger partial charge on any atom is -0.339 e. The Morgan fingerprint density at radius 1 is 1.00 bits per heavy atom. The highest BCUT2D eigenvalue weighted by Gasteiger charge is 2.46. The summed E-state index contributed by atoms with van der Waals surface area (Å²) in [5.74, 6) is 0.782. The van der Waals surface area contributed by atoms with E-state index in [1.807, 2.05) is 17.0 Å². The Morgan fingerprint density at radius 3 is 2.39 bits per heavy atom. The average Bonchev–Trinajstić information content (AvgIpc) is 3.60. The van der Waals surface area contributed by atoms with Gasteiger partial charge in [0.15, 0.2) is 0 Å². The smallest absolute Gasteiger partial charge is 0.253 e. The lowest BCUT2D eigenvalue weighted by molar-refractivity contribution is 0.0111. The summed E-state index contributed by atoms with van der Waals surface area (Å²) < 4.78 is 0. The summed E-state index contributed by atoms with van der Waals surface area (Å²) >= 11 is 0. The molecule has 0 radical (unpaired) electrons. The maximum atomic E-state index is 12.8. The Kier molecular flexibility index (Phi) is 4.67. The Morgan fingerprint density at radius 2 is 1.71 bits per heavy atom. The highest BCUT2D eigenvalue weighted by atomic mass is 16.2. The second-order valence-corrected chi connectivity index (χ2v) is 9.00. The number of likely N-dealkylation sites (tertiary alicyclic amines) is 2. The molecule has 5 rings (SSSR count). The lowest BCUT2D eigenvalue weighted by Crippen LogP contribution is -2.53. The molecule has 2 aromatic rings. The molecule has 2 aliphatic heterocycles. The summed E-state index contributed by atoms with van der Waals surface area (Å²) in [6, 6.07) is 15.5.